The summed E-state index contributed by atoms with van der Waals surface area (Å²) in [6.45, 7) is 0. The molecule has 0 spiro atoms. The molecule has 97 valence electrons. The minimum Gasteiger partial charge on any atom is -0.348 e. The van der Waals surface area contributed by atoms with E-state index < -0.39 is 0 Å². The Hall–Kier alpha value is -0.943. The Morgan fingerprint density at radius 3 is 0.882 bits per heavy atom. The van der Waals surface area contributed by atoms with Crippen LogP contribution in [0.15, 0.2) is 0 Å². The fourth-order valence-corrected chi connectivity index (χ4v) is 0.631. The van der Waals surface area contributed by atoms with E-state index in [-0.39, 0.29) is 18.9 Å². The van der Waals surface area contributed by atoms with Crippen molar-refractivity contribution in [3.63, 3.8) is 0 Å². The largest absolute Gasteiger partial charge is 0.348 e. The maximum absolute atomic E-state index is 7.12. The monoisotopic (exact) mass is 239 g/mol. The van der Waals surface area contributed by atoms with Gasteiger partial charge in [-0.25, -0.2) is 11.7 Å². The van der Waals surface area contributed by atoms with Crippen LogP contribution in [0.4, 0.5) is 0 Å². The van der Waals surface area contributed by atoms with Gasteiger partial charge in [-0.05, 0) is 0 Å². The van der Waals surface area contributed by atoms with E-state index in [9.17, 15) is 0 Å². The Morgan fingerprint density at radius 2 is 0.882 bits per heavy atom. The molecular formula is C8H24LiN8. The summed E-state index contributed by atoms with van der Waals surface area (Å²) in [6.07, 6.45) is 0. The zero-order chi connectivity index (χ0) is 13.5. The number of hydrazine groups is 2. The van der Waals surface area contributed by atoms with Crippen LogP contribution in [0.1, 0.15) is 0 Å². The molecule has 0 fully saturated rings. The van der Waals surface area contributed by atoms with E-state index in [2.05, 4.69) is 0 Å². The Kier molecular flexibility index (Phi) is 12.8. The molecule has 0 aromatic heterocycles. The van der Waals surface area contributed by atoms with Crippen LogP contribution < -0.4 is 11.7 Å². The van der Waals surface area contributed by atoms with Crippen molar-refractivity contribution < 1.29 is 0 Å². The van der Waals surface area contributed by atoms with E-state index in [4.69, 9.17) is 22.5 Å². The van der Waals surface area contributed by atoms with E-state index >= 15 is 0 Å². The van der Waals surface area contributed by atoms with Crippen molar-refractivity contribution in [3.05, 3.63) is 0 Å². The van der Waals surface area contributed by atoms with Crippen LogP contribution in [0.25, 0.3) is 0 Å². The van der Waals surface area contributed by atoms with Gasteiger partial charge in [0.25, 0.3) is 0 Å². The molecule has 0 aromatic rings. The molecule has 0 aliphatic heterocycles. The smallest absolute Gasteiger partial charge is 0.207 e. The molecule has 1 radical (unpaired) electrons. The zero-order valence-electron chi connectivity index (χ0n) is 11.9. The Bertz CT molecular complexity index is 182. The molecule has 0 aliphatic rings. The topological polar surface area (TPSA) is 113 Å². The quantitative estimate of drug-likeness (QED) is 0.130. The van der Waals surface area contributed by atoms with Gasteiger partial charge < -0.3 is 9.80 Å². The average molecular weight is 239 g/mol. The SMILES string of the molecule is CN(C)C(=N)N(C)N.CN(C)C(=N)N(C)N.[Li]. The standard InChI is InChI=1S/2C4H12N4.Li/c2*1-7(2)4(5)8(3)6;/h2*5H,6H2,1-3H3;. The molecule has 8 nitrogen and oxygen atoms in total. The fraction of sp³-hybridized carbons (Fsp3) is 0.750. The molecule has 9 heteroatoms. The van der Waals surface area contributed by atoms with Crippen molar-refractivity contribution in [1.82, 2.24) is 19.8 Å². The van der Waals surface area contributed by atoms with Crippen molar-refractivity contribution in [1.29, 1.82) is 10.8 Å². The van der Waals surface area contributed by atoms with Crippen LogP contribution in [0.3, 0.4) is 0 Å². The first-order valence-electron chi connectivity index (χ1n) is 4.59. The van der Waals surface area contributed by atoms with E-state index in [1.807, 2.05) is 0 Å². The average Bonchev–Trinajstić information content (AvgIpc) is 2.15. The van der Waals surface area contributed by atoms with Crippen LogP contribution in [0.2, 0.25) is 0 Å². The number of nitrogens with two attached hydrogens (primary N) is 2. The van der Waals surface area contributed by atoms with Gasteiger partial charge in [-0.2, -0.15) is 0 Å². The number of guanidine groups is 2. The van der Waals surface area contributed by atoms with E-state index in [0.29, 0.717) is 11.9 Å². The van der Waals surface area contributed by atoms with Gasteiger partial charge in [0.1, 0.15) is 0 Å². The van der Waals surface area contributed by atoms with Gasteiger partial charge in [0.2, 0.25) is 11.9 Å². The van der Waals surface area contributed by atoms with Gasteiger partial charge in [0.15, 0.2) is 0 Å². The number of nitrogens with one attached hydrogen (secondary N) is 2. The summed E-state index contributed by atoms with van der Waals surface area (Å²) in [4.78, 5) is 3.25. The molecule has 0 aliphatic carbocycles. The Morgan fingerprint density at radius 1 is 0.706 bits per heavy atom. The molecule has 0 saturated carbocycles. The zero-order valence-corrected chi connectivity index (χ0v) is 11.9. The maximum atomic E-state index is 7.12. The summed E-state index contributed by atoms with van der Waals surface area (Å²) in [6, 6.07) is 0. The van der Waals surface area contributed by atoms with E-state index in [0.717, 1.165) is 0 Å². The molecular weight excluding hydrogens is 215 g/mol. The molecule has 0 bridgehead atoms. The third kappa shape index (κ3) is 11.3. The van der Waals surface area contributed by atoms with Gasteiger partial charge in [0.05, 0.1) is 0 Å². The molecule has 0 unspecified atom stereocenters. The first kappa shape index (κ1) is 21.4. The Balaban J connectivity index is -0.000000218. The molecule has 0 rings (SSSR count). The van der Waals surface area contributed by atoms with Crippen molar-refractivity contribution in [2.24, 2.45) is 11.7 Å². The van der Waals surface area contributed by atoms with Gasteiger partial charge in [0, 0.05) is 61.1 Å². The number of hydrogen-bond acceptors (Lipinski definition) is 4. The molecule has 6 N–H and O–H groups in total. The molecule has 0 aromatic carbocycles. The predicted octanol–water partition coefficient (Wildman–Crippen LogP) is -1.80. The third-order valence-corrected chi connectivity index (χ3v) is 1.52. The van der Waals surface area contributed by atoms with Gasteiger partial charge in [-0.1, -0.05) is 0 Å². The first-order chi connectivity index (χ1) is 7.11. The van der Waals surface area contributed by atoms with Crippen LogP contribution >= 0.6 is 0 Å². The van der Waals surface area contributed by atoms with Crippen molar-refractivity contribution >= 4 is 30.8 Å². The Labute approximate surface area is 116 Å². The van der Waals surface area contributed by atoms with Crippen molar-refractivity contribution in [3.8, 4) is 0 Å². The molecule has 17 heavy (non-hydrogen) atoms. The number of nitrogens with zero attached hydrogens (tertiary/aromatic N) is 4. The first-order valence-corrected chi connectivity index (χ1v) is 4.59. The second kappa shape index (κ2) is 10.2. The summed E-state index contributed by atoms with van der Waals surface area (Å²) in [5.41, 5.74) is 0. The van der Waals surface area contributed by atoms with Gasteiger partial charge in [-0.15, -0.1) is 0 Å². The third-order valence-electron chi connectivity index (χ3n) is 1.52. The minimum absolute atomic E-state index is 0. The van der Waals surface area contributed by atoms with Gasteiger partial charge in [-0.3, -0.25) is 20.8 Å². The second-order valence-corrected chi connectivity index (χ2v) is 3.66. The van der Waals surface area contributed by atoms with Crippen LogP contribution in [-0.2, 0) is 0 Å². The summed E-state index contributed by atoms with van der Waals surface area (Å²) in [7, 11) is 10.3. The fourth-order valence-electron chi connectivity index (χ4n) is 0.631. The molecule has 0 atom stereocenters. The number of rotatable bonds is 0. The minimum atomic E-state index is 0. The van der Waals surface area contributed by atoms with Crippen molar-refractivity contribution in [2.75, 3.05) is 42.3 Å². The molecule has 0 amide bonds. The van der Waals surface area contributed by atoms with E-state index in [1.54, 1.807) is 52.1 Å². The summed E-state index contributed by atoms with van der Waals surface area (Å²) < 4.78 is 0. The summed E-state index contributed by atoms with van der Waals surface area (Å²) >= 11 is 0. The van der Waals surface area contributed by atoms with Crippen LogP contribution in [0.5, 0.6) is 0 Å². The molecule has 0 heterocycles. The van der Waals surface area contributed by atoms with E-state index in [1.165, 1.54) is 10.0 Å². The maximum Gasteiger partial charge on any atom is 0.207 e. The molecule has 0 saturated heterocycles. The normalized spacial score (nSPS) is 8.00. The number of hydrogen-bond donors (Lipinski definition) is 4. The van der Waals surface area contributed by atoms with Gasteiger partial charge >= 0.3 is 0 Å². The second-order valence-electron chi connectivity index (χ2n) is 3.66. The summed E-state index contributed by atoms with van der Waals surface area (Å²) in [5.74, 6) is 11.0. The van der Waals surface area contributed by atoms with Crippen molar-refractivity contribution in [2.45, 2.75) is 0 Å². The predicted molar refractivity (Wildman–Crippen MR) is 72.5 cm³/mol. The summed E-state index contributed by atoms with van der Waals surface area (Å²) in [5, 5.41) is 16.8. The van der Waals surface area contributed by atoms with Crippen LogP contribution in [0, 0.1) is 10.8 Å². The van der Waals surface area contributed by atoms with Crippen LogP contribution in [-0.4, -0.2) is 92.9 Å².